The highest BCUT2D eigenvalue weighted by Gasteiger charge is 2.31. The Bertz CT molecular complexity index is 817. The molecule has 1 aliphatic rings. The zero-order valence-electron chi connectivity index (χ0n) is 17.4. The van der Waals surface area contributed by atoms with Gasteiger partial charge in [-0.25, -0.2) is 4.98 Å². The second-order valence-electron chi connectivity index (χ2n) is 7.63. The number of thiazole rings is 1. The summed E-state index contributed by atoms with van der Waals surface area (Å²) in [5.41, 5.74) is 2.73. The third-order valence-electron chi connectivity index (χ3n) is 5.32. The number of amides is 1. The topological polar surface area (TPSA) is 50.3 Å². The van der Waals surface area contributed by atoms with Crippen molar-refractivity contribution < 1.29 is 9.59 Å². The van der Waals surface area contributed by atoms with E-state index in [0.29, 0.717) is 12.8 Å². The molecule has 0 aliphatic carbocycles. The van der Waals surface area contributed by atoms with Gasteiger partial charge in [0.25, 0.3) is 0 Å². The number of aromatic nitrogens is 1. The Balaban J connectivity index is 1.55. The van der Waals surface area contributed by atoms with Crippen molar-refractivity contribution in [1.82, 2.24) is 4.98 Å². The summed E-state index contributed by atoms with van der Waals surface area (Å²) in [6.07, 6.45) is 7.49. The van der Waals surface area contributed by atoms with E-state index in [1.165, 1.54) is 12.8 Å². The highest BCUT2D eigenvalue weighted by atomic mass is 32.2. The molecule has 1 fully saturated rings. The second-order valence-corrected chi connectivity index (χ2v) is 9.83. The molecule has 0 spiro atoms. The average molecular weight is 431 g/mol. The van der Waals surface area contributed by atoms with Gasteiger partial charge in [-0.2, -0.15) is 0 Å². The minimum absolute atomic E-state index is 0.184. The highest BCUT2D eigenvalue weighted by Crippen LogP contribution is 2.31. The lowest BCUT2D eigenvalue weighted by molar-refractivity contribution is -0.117. The first-order valence-corrected chi connectivity index (χ1v) is 12.4. The molecule has 1 aromatic carbocycles. The van der Waals surface area contributed by atoms with Crippen molar-refractivity contribution in [2.75, 3.05) is 10.7 Å². The van der Waals surface area contributed by atoms with Crippen LogP contribution in [0.4, 0.5) is 5.69 Å². The number of ketones is 1. The number of Topliss-reactive ketones (excluding diaryl/α,β-unsaturated/α-hetero) is 1. The van der Waals surface area contributed by atoms with Crippen LogP contribution in [-0.4, -0.2) is 28.5 Å². The number of aryl methyl sites for hydroxylation is 1. The molecular formula is C23H30N2O2S2. The maximum Gasteiger partial charge on any atom is 0.227 e. The first-order chi connectivity index (χ1) is 14.1. The van der Waals surface area contributed by atoms with Crippen LogP contribution in [0.25, 0.3) is 0 Å². The quantitative estimate of drug-likeness (QED) is 0.239. The van der Waals surface area contributed by atoms with Crippen LogP contribution in [-0.2, 0) is 4.79 Å². The van der Waals surface area contributed by atoms with Crippen LogP contribution < -0.4 is 4.90 Å². The summed E-state index contributed by atoms with van der Waals surface area (Å²) in [4.78, 5) is 31.3. The lowest BCUT2D eigenvalue weighted by atomic mass is 10.0. The van der Waals surface area contributed by atoms with Crippen molar-refractivity contribution in [3.8, 4) is 0 Å². The maximum absolute atomic E-state index is 12.5. The molecule has 0 radical (unpaired) electrons. The van der Waals surface area contributed by atoms with E-state index in [1.807, 2.05) is 36.1 Å². The normalized spacial score (nSPS) is 16.6. The summed E-state index contributed by atoms with van der Waals surface area (Å²) >= 11 is 3.45. The second kappa shape index (κ2) is 10.9. The van der Waals surface area contributed by atoms with Crippen LogP contribution in [0, 0.1) is 6.92 Å². The molecule has 0 N–H and O–H groups in total. The largest absolute Gasteiger partial charge is 0.309 e. The summed E-state index contributed by atoms with van der Waals surface area (Å²) < 4.78 is 1.10. The van der Waals surface area contributed by atoms with Gasteiger partial charge in [0.05, 0.1) is 0 Å². The van der Waals surface area contributed by atoms with Gasteiger partial charge in [-0.3, -0.25) is 9.59 Å². The van der Waals surface area contributed by atoms with Crippen LogP contribution >= 0.6 is 23.1 Å². The van der Waals surface area contributed by atoms with Crippen molar-refractivity contribution in [2.24, 2.45) is 0 Å². The molecule has 1 saturated heterocycles. The van der Waals surface area contributed by atoms with Gasteiger partial charge in [0.1, 0.15) is 4.34 Å². The van der Waals surface area contributed by atoms with Crippen molar-refractivity contribution in [3.05, 3.63) is 40.9 Å². The Kier molecular flexibility index (Phi) is 8.30. The number of nitrogens with zero attached hydrogens (tertiary/aromatic N) is 2. The molecule has 156 valence electrons. The van der Waals surface area contributed by atoms with Crippen molar-refractivity contribution in [3.63, 3.8) is 0 Å². The van der Waals surface area contributed by atoms with Gasteiger partial charge in [0.2, 0.25) is 5.91 Å². The third-order valence-corrected chi connectivity index (χ3v) is 7.50. The monoisotopic (exact) mass is 430 g/mol. The fourth-order valence-corrected chi connectivity index (χ4v) is 5.68. The number of rotatable bonds is 11. The molecule has 1 aliphatic heterocycles. The van der Waals surface area contributed by atoms with Crippen molar-refractivity contribution in [2.45, 2.75) is 75.6 Å². The van der Waals surface area contributed by atoms with Crippen LogP contribution in [0.3, 0.4) is 0 Å². The molecule has 29 heavy (non-hydrogen) atoms. The highest BCUT2D eigenvalue weighted by molar-refractivity contribution is 8.01. The molecule has 1 atom stereocenters. The molecule has 0 saturated carbocycles. The molecule has 0 bridgehead atoms. The zero-order valence-corrected chi connectivity index (χ0v) is 19.0. The van der Waals surface area contributed by atoms with Gasteiger partial charge in [-0.1, -0.05) is 37.9 Å². The van der Waals surface area contributed by atoms with Crippen LogP contribution in [0.5, 0.6) is 0 Å². The first kappa shape index (κ1) is 22.0. The van der Waals surface area contributed by atoms with E-state index < -0.39 is 0 Å². The number of hydrogen-bond acceptors (Lipinski definition) is 5. The molecule has 1 aromatic heterocycles. The van der Waals surface area contributed by atoms with E-state index in [0.717, 1.165) is 52.7 Å². The Labute approximate surface area is 182 Å². The number of unbranched alkanes of at least 4 members (excludes halogenated alkanes) is 3. The van der Waals surface area contributed by atoms with Gasteiger partial charge in [-0.15, -0.1) is 11.3 Å². The number of thioether (sulfide) groups is 1. The number of hydrogen-bond donors (Lipinski definition) is 0. The summed E-state index contributed by atoms with van der Waals surface area (Å²) in [5, 5.41) is 2.07. The van der Waals surface area contributed by atoms with E-state index >= 15 is 0 Å². The lowest BCUT2D eigenvalue weighted by Crippen LogP contribution is -2.33. The van der Waals surface area contributed by atoms with E-state index in [4.69, 9.17) is 0 Å². The van der Waals surface area contributed by atoms with E-state index in [1.54, 1.807) is 23.1 Å². The lowest BCUT2D eigenvalue weighted by Gasteiger charge is -2.25. The van der Waals surface area contributed by atoms with Crippen LogP contribution in [0.15, 0.2) is 34.0 Å². The molecule has 2 aromatic rings. The van der Waals surface area contributed by atoms with Gasteiger partial charge in [-0.05, 0) is 50.5 Å². The van der Waals surface area contributed by atoms with Gasteiger partial charge >= 0.3 is 0 Å². The van der Waals surface area contributed by atoms with Gasteiger partial charge in [0.15, 0.2) is 5.78 Å². The third kappa shape index (κ3) is 6.16. The Hall–Kier alpha value is -1.66. The van der Waals surface area contributed by atoms with Crippen molar-refractivity contribution >= 4 is 40.5 Å². The standard InChI is InChI=1S/C23H30N2O2S2/c1-3-4-5-6-7-21(26)18-8-10-19(11-9-18)25-20(12-13-22(25)27)14-15-28-23-24-17(2)16-29-23/h8-11,16,20H,3-7,12-15H2,1-2H3/t20-/m1/s1. The molecule has 3 rings (SSSR count). The summed E-state index contributed by atoms with van der Waals surface area (Å²) in [6, 6.07) is 7.87. The number of benzene rings is 1. The molecular weight excluding hydrogens is 400 g/mol. The first-order valence-electron chi connectivity index (χ1n) is 10.6. The van der Waals surface area contributed by atoms with Gasteiger partial charge < -0.3 is 4.90 Å². The minimum Gasteiger partial charge on any atom is -0.309 e. The molecule has 0 unspecified atom stereocenters. The summed E-state index contributed by atoms with van der Waals surface area (Å²) in [5.74, 6) is 1.34. The molecule has 6 heteroatoms. The summed E-state index contributed by atoms with van der Waals surface area (Å²) in [6.45, 7) is 4.18. The minimum atomic E-state index is 0.184. The fourth-order valence-electron chi connectivity index (χ4n) is 3.72. The number of carbonyl (C=O) groups excluding carboxylic acids is 2. The number of anilines is 1. The Morgan fingerprint density at radius 3 is 2.72 bits per heavy atom. The van der Waals surface area contributed by atoms with Crippen LogP contribution in [0.1, 0.15) is 74.3 Å². The molecule has 4 nitrogen and oxygen atoms in total. The average Bonchev–Trinajstić information content (AvgIpc) is 3.30. The SMILES string of the molecule is CCCCCCC(=O)c1ccc(N2C(=O)CC[C@@H]2CCSc2nc(C)cs2)cc1. The molecule has 2 heterocycles. The summed E-state index contributed by atoms with van der Waals surface area (Å²) in [7, 11) is 0. The zero-order chi connectivity index (χ0) is 20.6. The molecule has 1 amide bonds. The Morgan fingerprint density at radius 1 is 1.24 bits per heavy atom. The van der Waals surface area contributed by atoms with E-state index in [-0.39, 0.29) is 17.7 Å². The van der Waals surface area contributed by atoms with E-state index in [9.17, 15) is 9.59 Å². The smallest absolute Gasteiger partial charge is 0.227 e. The Morgan fingerprint density at radius 2 is 2.03 bits per heavy atom. The van der Waals surface area contributed by atoms with Crippen molar-refractivity contribution in [1.29, 1.82) is 0 Å². The van der Waals surface area contributed by atoms with Gasteiger partial charge in [0, 0.05) is 47.0 Å². The maximum atomic E-state index is 12.5. The predicted molar refractivity (Wildman–Crippen MR) is 122 cm³/mol. The fraction of sp³-hybridized carbons (Fsp3) is 0.522. The number of carbonyl (C=O) groups is 2. The van der Waals surface area contributed by atoms with E-state index in [2.05, 4.69) is 17.3 Å². The predicted octanol–water partition coefficient (Wildman–Crippen LogP) is 6.28. The van der Waals surface area contributed by atoms with Crippen LogP contribution in [0.2, 0.25) is 0 Å².